The van der Waals surface area contributed by atoms with E-state index in [1.165, 1.54) is 13.7 Å². The van der Waals surface area contributed by atoms with E-state index >= 15 is 0 Å². The summed E-state index contributed by atoms with van der Waals surface area (Å²) >= 11 is 8.03. The van der Waals surface area contributed by atoms with Crippen molar-refractivity contribution in [1.29, 1.82) is 0 Å². The van der Waals surface area contributed by atoms with E-state index in [1.807, 2.05) is 6.07 Å². The fraction of sp³-hybridized carbons (Fsp3) is 0. The number of rotatable bonds is 0. The van der Waals surface area contributed by atoms with Crippen LogP contribution in [0.2, 0.25) is 5.15 Å². The first-order valence-corrected chi connectivity index (χ1v) is 4.03. The van der Waals surface area contributed by atoms with E-state index in [1.54, 1.807) is 0 Å². The number of nitrogens with zero attached hydrogens (tertiary/aromatic N) is 1. The van der Waals surface area contributed by atoms with Gasteiger partial charge in [-0.15, -0.1) is 0 Å². The Morgan fingerprint density at radius 1 is 1.86 bits per heavy atom. The second kappa shape index (κ2) is 2.46. The average molecular weight is 142 g/mol. The molecule has 0 bridgehead atoms. The molecule has 0 aliphatic carbocycles. The van der Waals surface area contributed by atoms with Crippen LogP contribution in [0.1, 0.15) is 0 Å². The van der Waals surface area contributed by atoms with Crippen LogP contribution in [0.4, 0.5) is 0 Å². The van der Waals surface area contributed by atoms with Crippen molar-refractivity contribution in [3.05, 3.63) is 11.2 Å². The van der Waals surface area contributed by atoms with Crippen LogP contribution in [-0.2, 0) is 0 Å². The molecule has 0 atom stereocenters. The van der Waals surface area contributed by atoms with Gasteiger partial charge in [-0.25, -0.2) is 0 Å². The summed E-state index contributed by atoms with van der Waals surface area (Å²) in [5.74, 6) is 0. The Morgan fingerprint density at radius 2 is 2.57 bits per heavy atom. The first kappa shape index (κ1) is 6.05. The van der Waals surface area contributed by atoms with Gasteiger partial charge in [-0.05, 0) is 0 Å². The Hall–Kier alpha value is 0.920. The van der Waals surface area contributed by atoms with Crippen molar-refractivity contribution in [3.8, 4) is 0 Å². The van der Waals surface area contributed by atoms with Crippen LogP contribution in [0.25, 0.3) is 0 Å². The van der Waals surface area contributed by atoms with E-state index in [0.29, 0.717) is 5.15 Å². The summed E-state index contributed by atoms with van der Waals surface area (Å²) in [6.07, 6.45) is 0. The van der Waals surface area contributed by atoms with Crippen LogP contribution in [0, 0.1) is 0 Å². The quantitative estimate of drug-likeness (QED) is 0.482. The number of hydrogen-bond acceptors (Lipinski definition) is 2. The van der Waals surface area contributed by atoms with E-state index in [9.17, 15) is 0 Å². The van der Waals surface area contributed by atoms with Crippen molar-refractivity contribution in [1.82, 2.24) is 4.37 Å². The molecule has 32 valence electrons. The molecule has 0 amide bonds. The molecular formula is C3HClNNaS. The summed E-state index contributed by atoms with van der Waals surface area (Å²) in [6.45, 7) is 0. The predicted molar refractivity (Wildman–Crippen MR) is 32.5 cm³/mol. The van der Waals surface area contributed by atoms with Gasteiger partial charge in [0, 0.05) is 0 Å². The van der Waals surface area contributed by atoms with E-state index in [2.05, 4.69) is 4.37 Å². The molecule has 4 heteroatoms. The number of halogens is 1. The standard InChI is InChI=1S/C3HClNS.Na/c4-3-1-2-6-5-3;/h1H;. The van der Waals surface area contributed by atoms with Crippen molar-refractivity contribution < 1.29 is 0 Å². The third kappa shape index (κ3) is 1.70. The molecular weight excluding hydrogens is 141 g/mol. The molecule has 0 aliphatic rings. The fourth-order valence-corrected chi connectivity index (χ4v) is 1.85. The molecule has 0 spiro atoms. The van der Waals surface area contributed by atoms with Gasteiger partial charge in [0.1, 0.15) is 0 Å². The van der Waals surface area contributed by atoms with Gasteiger partial charge in [0.25, 0.3) is 0 Å². The molecule has 1 aromatic rings. The Balaban J connectivity index is 3.04. The molecule has 0 saturated heterocycles. The molecule has 0 aliphatic heterocycles. The van der Waals surface area contributed by atoms with Crippen molar-refractivity contribution in [2.45, 2.75) is 0 Å². The van der Waals surface area contributed by atoms with Crippen molar-refractivity contribution in [3.63, 3.8) is 0 Å². The van der Waals surface area contributed by atoms with Gasteiger partial charge >= 0.3 is 68.8 Å². The zero-order chi connectivity index (χ0) is 5.28. The second-order valence-corrected chi connectivity index (χ2v) is 4.46. The van der Waals surface area contributed by atoms with Gasteiger partial charge in [0.15, 0.2) is 0 Å². The van der Waals surface area contributed by atoms with Gasteiger partial charge in [-0.2, -0.15) is 0 Å². The molecule has 0 radical (unpaired) electrons. The second-order valence-electron chi connectivity index (χ2n) is 1.26. The van der Waals surface area contributed by atoms with E-state index in [-0.39, 0.29) is 0 Å². The molecule has 0 N–H and O–H groups in total. The average Bonchev–Trinajstić information content (AvgIpc) is 1.87. The third-order valence-corrected chi connectivity index (χ3v) is 2.42. The Kier molecular flexibility index (Phi) is 2.13. The van der Waals surface area contributed by atoms with Crippen LogP contribution in [0.5, 0.6) is 0 Å². The van der Waals surface area contributed by atoms with E-state index in [4.69, 9.17) is 11.6 Å². The number of hydrogen-bond donors (Lipinski definition) is 0. The number of aromatic nitrogens is 1. The predicted octanol–water partition coefficient (Wildman–Crippen LogP) is 0.590. The fourth-order valence-electron chi connectivity index (χ4n) is 0.336. The molecule has 1 heterocycles. The third-order valence-electron chi connectivity index (χ3n) is 0.599. The van der Waals surface area contributed by atoms with Crippen LogP contribution in [-0.4, -0.2) is 32.3 Å². The van der Waals surface area contributed by atoms with E-state index < -0.39 is 0 Å². The zero-order valence-corrected chi connectivity index (χ0v) is 7.38. The topological polar surface area (TPSA) is 12.9 Å². The molecule has 1 rings (SSSR count). The first-order chi connectivity index (χ1) is 3.29. The maximum absolute atomic E-state index is 5.48. The van der Waals surface area contributed by atoms with Gasteiger partial charge in [0.2, 0.25) is 0 Å². The summed E-state index contributed by atoms with van der Waals surface area (Å²) in [4.78, 5) is 0. The molecule has 0 fully saturated rings. The minimum absolute atomic E-state index is 0.634. The Morgan fingerprint density at radius 3 is 2.71 bits per heavy atom. The maximum atomic E-state index is 5.48. The SMILES string of the molecule is [Na][c]1cc(Cl)ns1. The van der Waals surface area contributed by atoms with E-state index in [0.717, 1.165) is 27.9 Å². The minimum atomic E-state index is 0.634. The molecule has 1 nitrogen and oxygen atoms in total. The Labute approximate surface area is 68.3 Å². The normalized spacial score (nSPS) is 9.57. The van der Waals surface area contributed by atoms with Crippen LogP contribution >= 0.6 is 23.1 Å². The van der Waals surface area contributed by atoms with Crippen LogP contribution in [0.3, 0.4) is 0 Å². The van der Waals surface area contributed by atoms with Gasteiger partial charge in [-0.3, -0.25) is 0 Å². The summed E-state index contributed by atoms with van der Waals surface area (Å²) in [7, 11) is 0. The molecule has 7 heavy (non-hydrogen) atoms. The molecule has 0 aromatic carbocycles. The first-order valence-electron chi connectivity index (χ1n) is 1.88. The van der Waals surface area contributed by atoms with Gasteiger partial charge in [-0.1, -0.05) is 0 Å². The van der Waals surface area contributed by atoms with Gasteiger partial charge in [0.05, 0.1) is 0 Å². The van der Waals surface area contributed by atoms with Crippen molar-refractivity contribution in [2.24, 2.45) is 0 Å². The van der Waals surface area contributed by atoms with Crippen LogP contribution in [0.15, 0.2) is 6.07 Å². The summed E-state index contributed by atoms with van der Waals surface area (Å²) in [5.41, 5.74) is 0. The van der Waals surface area contributed by atoms with Crippen LogP contribution < -0.4 is 2.13 Å². The summed E-state index contributed by atoms with van der Waals surface area (Å²) < 4.78 is 5.15. The van der Waals surface area contributed by atoms with Crippen molar-refractivity contribution in [2.75, 3.05) is 0 Å². The van der Waals surface area contributed by atoms with Crippen molar-refractivity contribution >= 4 is 53.2 Å². The monoisotopic (exact) mass is 141 g/mol. The summed E-state index contributed by atoms with van der Waals surface area (Å²) in [5, 5.41) is 0.634. The zero-order valence-electron chi connectivity index (χ0n) is 3.81. The Bertz CT molecular complexity index is 147. The molecule has 1 aromatic heterocycles. The van der Waals surface area contributed by atoms with Gasteiger partial charge < -0.3 is 0 Å². The summed E-state index contributed by atoms with van der Waals surface area (Å²) in [6, 6.07) is 1.90. The molecule has 0 saturated carbocycles. The molecule has 0 unspecified atom stereocenters.